The van der Waals surface area contributed by atoms with E-state index < -0.39 is 97.2 Å². The molecule has 9 atom stereocenters. The molecule has 0 aromatic heterocycles. The van der Waals surface area contributed by atoms with Gasteiger partial charge in [0.2, 0.25) is 5.79 Å². The maximum atomic E-state index is 12.6. The van der Waals surface area contributed by atoms with Crippen molar-refractivity contribution in [1.82, 2.24) is 0 Å². The summed E-state index contributed by atoms with van der Waals surface area (Å²) in [6.45, 7) is 7.95. The van der Waals surface area contributed by atoms with Crippen molar-refractivity contribution < 1.29 is 93.2 Å². The molecule has 2 rings (SSSR count). The molecule has 43 heavy (non-hydrogen) atoms. The molecule has 0 saturated carbocycles. The Morgan fingerprint density at radius 1 is 0.698 bits per heavy atom. The molecule has 0 bridgehead atoms. The highest BCUT2D eigenvalue weighted by atomic mass is 17.0. The third-order valence-electron chi connectivity index (χ3n) is 6.13. The zero-order valence-electron chi connectivity index (χ0n) is 22.1. The predicted molar refractivity (Wildman–Crippen MR) is 130 cm³/mol. The number of carbonyl (C=O) groups excluding carboxylic acids is 4. The highest BCUT2D eigenvalue weighted by Crippen LogP contribution is 2.55. The van der Waals surface area contributed by atoms with Crippen LogP contribution in [0, 0.1) is 0 Å². The first-order valence-electron chi connectivity index (χ1n) is 11.8. The van der Waals surface area contributed by atoms with Crippen molar-refractivity contribution in [2.75, 3.05) is 19.8 Å². The summed E-state index contributed by atoms with van der Waals surface area (Å²) < 4.78 is 34.9. The molecular weight excluding hydrogens is 592 g/mol. The molecule has 0 aromatic rings. The Morgan fingerprint density at radius 3 is 1.58 bits per heavy atom. The Morgan fingerprint density at radius 2 is 1.16 bits per heavy atom. The van der Waals surface area contributed by atoms with E-state index in [-0.39, 0.29) is 6.08 Å². The molecule has 2 saturated heterocycles. The molecule has 8 N–H and O–H groups in total. The lowest BCUT2D eigenvalue weighted by molar-refractivity contribution is -0.614. The van der Waals surface area contributed by atoms with Crippen LogP contribution in [0.15, 0.2) is 50.6 Å². The quantitative estimate of drug-likeness (QED) is 0.0412. The van der Waals surface area contributed by atoms with E-state index in [0.29, 0.717) is 18.2 Å². The molecule has 0 amide bonds. The summed E-state index contributed by atoms with van der Waals surface area (Å²) in [5, 5.41) is 86.1. The van der Waals surface area contributed by atoms with E-state index >= 15 is 0 Å². The average Bonchev–Trinajstić information content (AvgIpc) is 3.22. The lowest BCUT2D eigenvalue weighted by atomic mass is 9.85. The molecule has 240 valence electrons. The maximum absolute atomic E-state index is 12.6. The largest absolute Gasteiger partial charge is 0.419 e. The van der Waals surface area contributed by atoms with Gasteiger partial charge in [-0.15, -0.1) is 0 Å². The van der Waals surface area contributed by atoms with Gasteiger partial charge in [-0.2, -0.15) is 0 Å². The fourth-order valence-corrected chi connectivity index (χ4v) is 4.02. The number of rotatable bonds is 13. The summed E-state index contributed by atoms with van der Waals surface area (Å²) in [4.78, 5) is 49.7. The van der Waals surface area contributed by atoms with Gasteiger partial charge in [-0.05, 0) is 0 Å². The molecule has 0 aromatic carbocycles. The Balaban J connectivity index is 3.11. The van der Waals surface area contributed by atoms with Crippen molar-refractivity contribution in [3.63, 3.8) is 0 Å². The summed E-state index contributed by atoms with van der Waals surface area (Å²) in [6, 6.07) is 0. The SMILES string of the molecule is C=CC(=O)O[C@@]1(OC2(CO)O[C@H](CO)[C@@H](O)[C@@H]2O)O[C@H](CO)[C@](O)(OC(=O)C=C)[C@@](O)(OC(=O)C=C)[C@]1(O)OC(=O)C=C. The van der Waals surface area contributed by atoms with Gasteiger partial charge in [-0.25, -0.2) is 19.2 Å². The first-order chi connectivity index (χ1) is 20.0. The molecule has 19 heteroatoms. The minimum atomic E-state index is -4.59. The van der Waals surface area contributed by atoms with Gasteiger partial charge >= 0.3 is 47.2 Å². The van der Waals surface area contributed by atoms with E-state index in [1.54, 1.807) is 0 Å². The summed E-state index contributed by atoms with van der Waals surface area (Å²) in [6.07, 6.45) is -7.82. The van der Waals surface area contributed by atoms with Crippen LogP contribution in [-0.2, 0) is 52.3 Å². The van der Waals surface area contributed by atoms with Gasteiger partial charge in [0.05, 0.1) is 13.2 Å². The zero-order valence-corrected chi connectivity index (χ0v) is 22.1. The van der Waals surface area contributed by atoms with Gasteiger partial charge in [0, 0.05) is 24.3 Å². The number of carbonyl (C=O) groups is 4. The van der Waals surface area contributed by atoms with E-state index in [0.717, 1.165) is 0 Å². The van der Waals surface area contributed by atoms with Crippen LogP contribution in [0.1, 0.15) is 0 Å². The topological polar surface area (TPSA) is 295 Å². The Labute approximate surface area is 241 Å². The number of esters is 4. The summed E-state index contributed by atoms with van der Waals surface area (Å²) >= 11 is 0. The molecule has 2 fully saturated rings. The first-order valence-corrected chi connectivity index (χ1v) is 11.8. The minimum Gasteiger partial charge on any atom is -0.419 e. The molecule has 0 radical (unpaired) electrons. The van der Waals surface area contributed by atoms with E-state index in [4.69, 9.17) is 28.4 Å². The van der Waals surface area contributed by atoms with Crippen molar-refractivity contribution in [2.45, 2.75) is 53.5 Å². The third-order valence-corrected chi connectivity index (χ3v) is 6.13. The fourth-order valence-electron chi connectivity index (χ4n) is 4.02. The van der Waals surface area contributed by atoms with Crippen LogP contribution in [0.25, 0.3) is 0 Å². The van der Waals surface area contributed by atoms with Crippen molar-refractivity contribution >= 4 is 23.9 Å². The van der Waals surface area contributed by atoms with Gasteiger partial charge in [-0.3, -0.25) is 9.47 Å². The normalized spacial score (nSPS) is 38.7. The molecule has 0 aliphatic carbocycles. The van der Waals surface area contributed by atoms with E-state index in [1.807, 2.05) is 0 Å². The predicted octanol–water partition coefficient (Wildman–Crippen LogP) is -5.17. The lowest BCUT2D eigenvalue weighted by Gasteiger charge is -2.59. The van der Waals surface area contributed by atoms with Crippen LogP contribution in [0.4, 0.5) is 0 Å². The Bertz CT molecular complexity index is 1160. The van der Waals surface area contributed by atoms with Crippen molar-refractivity contribution in [2.24, 2.45) is 0 Å². The van der Waals surface area contributed by atoms with Crippen LogP contribution < -0.4 is 0 Å². The van der Waals surface area contributed by atoms with Crippen LogP contribution in [0.2, 0.25) is 0 Å². The Kier molecular flexibility index (Phi) is 10.7. The van der Waals surface area contributed by atoms with Gasteiger partial charge in [0.1, 0.15) is 24.9 Å². The number of hydrogen-bond acceptors (Lipinski definition) is 19. The molecule has 2 heterocycles. The average molecular weight is 622 g/mol. The smallest absolute Gasteiger partial charge is 0.410 e. The molecular formula is C24H30O19. The summed E-state index contributed by atoms with van der Waals surface area (Å²) in [5.74, 6) is -27.6. The van der Waals surface area contributed by atoms with E-state index in [1.165, 1.54) is 0 Å². The van der Waals surface area contributed by atoms with Gasteiger partial charge < -0.3 is 64.5 Å². The van der Waals surface area contributed by atoms with Gasteiger partial charge in [0.25, 0.3) is 0 Å². The summed E-state index contributed by atoms with van der Waals surface area (Å²) in [5.41, 5.74) is 0. The van der Waals surface area contributed by atoms with Crippen molar-refractivity contribution in [3.05, 3.63) is 50.6 Å². The van der Waals surface area contributed by atoms with Crippen LogP contribution >= 0.6 is 0 Å². The lowest BCUT2D eigenvalue weighted by Crippen LogP contribution is -2.88. The number of aliphatic hydroxyl groups is 8. The third kappa shape index (κ3) is 5.71. The van der Waals surface area contributed by atoms with E-state index in [9.17, 15) is 60.0 Å². The van der Waals surface area contributed by atoms with Gasteiger partial charge in [-0.1, -0.05) is 26.3 Å². The highest BCUT2D eigenvalue weighted by molar-refractivity contribution is 5.84. The number of hydrogen-bond donors (Lipinski definition) is 8. The minimum absolute atomic E-state index is 0.287. The summed E-state index contributed by atoms with van der Waals surface area (Å²) in [7, 11) is 0. The first kappa shape index (κ1) is 35.6. The van der Waals surface area contributed by atoms with Gasteiger partial charge in [0.15, 0.2) is 6.10 Å². The Hall–Kier alpha value is -3.60. The molecule has 0 spiro atoms. The van der Waals surface area contributed by atoms with Crippen molar-refractivity contribution in [1.29, 1.82) is 0 Å². The highest BCUT2D eigenvalue weighted by Gasteiger charge is 2.89. The molecule has 19 nitrogen and oxygen atoms in total. The second kappa shape index (κ2) is 13.0. The molecule has 2 aliphatic heterocycles. The van der Waals surface area contributed by atoms with Crippen LogP contribution in [0.5, 0.6) is 0 Å². The number of aliphatic hydroxyl groups excluding tert-OH is 5. The maximum Gasteiger partial charge on any atom is 0.410 e. The zero-order chi connectivity index (χ0) is 33.0. The van der Waals surface area contributed by atoms with E-state index in [2.05, 4.69) is 31.1 Å². The second-order valence-corrected chi connectivity index (χ2v) is 8.68. The number of ether oxygens (including phenoxy) is 7. The second-order valence-electron chi connectivity index (χ2n) is 8.68. The molecule has 2 aliphatic rings. The standard InChI is InChI=1S/C24H30O19/c1-5-14(28)39-21(34)13(10-26)38-24(42-17(31)8-4,43-20(11-27)19(33)18(32)12(9-25)37-20)23(36,41-16(30)7-3)22(21,35)40-15(29)6-2/h5-8,12-13,18-19,25-27,32-36H,1-4,9-11H2/t12-,13-,18-,19+,20?,21+,22-,23+,24+/m1/s1. The van der Waals surface area contributed by atoms with Crippen LogP contribution in [0.3, 0.4) is 0 Å². The fraction of sp³-hybridized carbons (Fsp3) is 0.500. The molecule has 1 unspecified atom stereocenters. The monoisotopic (exact) mass is 622 g/mol. The van der Waals surface area contributed by atoms with Crippen LogP contribution in [-0.4, -0.2) is 138 Å². The van der Waals surface area contributed by atoms with Crippen molar-refractivity contribution in [3.8, 4) is 0 Å².